The summed E-state index contributed by atoms with van der Waals surface area (Å²) in [5, 5.41) is 0.751. The number of hydrogen-bond donors (Lipinski definition) is 0. The second-order valence-electron chi connectivity index (χ2n) is 5.38. The molecule has 16 heavy (non-hydrogen) atoms. The van der Waals surface area contributed by atoms with Crippen molar-refractivity contribution in [1.29, 1.82) is 0 Å². The maximum absolute atomic E-state index is 4.14. The van der Waals surface area contributed by atoms with Crippen molar-refractivity contribution in [2.24, 2.45) is 0 Å². The van der Waals surface area contributed by atoms with Crippen molar-refractivity contribution in [3.05, 3.63) is 6.92 Å². The molecule has 0 N–H and O–H groups in total. The van der Waals surface area contributed by atoms with Gasteiger partial charge >= 0.3 is 0 Å². The minimum Gasteiger partial charge on any atom is -0.100 e. The van der Waals surface area contributed by atoms with Gasteiger partial charge in [0.1, 0.15) is 0 Å². The molecule has 0 saturated heterocycles. The first-order valence-corrected chi connectivity index (χ1v) is 9.04. The predicted molar refractivity (Wildman–Crippen MR) is 77.6 cm³/mol. The fraction of sp³-hybridized carbons (Fsp3) is 0.933. The molecule has 1 heteroatoms. The molecule has 0 nitrogen and oxygen atoms in total. The lowest BCUT2D eigenvalue weighted by molar-refractivity contribution is 0.371. The molecular weight excluding hydrogens is 211 g/mol. The highest BCUT2D eigenvalue weighted by molar-refractivity contribution is 7.59. The summed E-state index contributed by atoms with van der Waals surface area (Å²) in [6.07, 6.45) is 15.9. The Kier molecular flexibility index (Phi) is 6.97. The highest BCUT2D eigenvalue weighted by Gasteiger charge is 2.37. The third-order valence-corrected chi connectivity index (χ3v) is 8.07. The van der Waals surface area contributed by atoms with Gasteiger partial charge in [-0.25, -0.2) is 0 Å². The van der Waals surface area contributed by atoms with Crippen LogP contribution in [-0.4, -0.2) is 17.5 Å². The zero-order chi connectivity index (χ0) is 11.9. The molecule has 1 aliphatic carbocycles. The predicted octanol–water partition coefficient (Wildman–Crippen LogP) is 5.61. The molecule has 1 aliphatic rings. The summed E-state index contributed by atoms with van der Waals surface area (Å²) in [6, 6.07) is 0. The van der Waals surface area contributed by atoms with Crippen LogP contribution in [0.25, 0.3) is 0 Å². The number of rotatable bonds is 7. The van der Waals surface area contributed by atoms with Gasteiger partial charge in [-0.2, -0.15) is 0 Å². The van der Waals surface area contributed by atoms with E-state index in [0.717, 1.165) is 11.6 Å². The van der Waals surface area contributed by atoms with Crippen molar-refractivity contribution >= 4 is 7.92 Å². The Labute approximate surface area is 104 Å². The van der Waals surface area contributed by atoms with E-state index < -0.39 is 0 Å². The summed E-state index contributed by atoms with van der Waals surface area (Å²) in [7, 11) is 0.291. The van der Waals surface area contributed by atoms with Gasteiger partial charge in [-0.3, -0.25) is 0 Å². The zero-order valence-corrected chi connectivity index (χ0v) is 12.3. The fourth-order valence-electron chi connectivity index (χ4n) is 3.39. The summed E-state index contributed by atoms with van der Waals surface area (Å²) in [5.74, 6) is 0. The molecule has 95 valence electrons. The summed E-state index contributed by atoms with van der Waals surface area (Å²) in [5.41, 5.74) is 0. The molecule has 0 unspecified atom stereocenters. The van der Waals surface area contributed by atoms with E-state index in [4.69, 9.17) is 0 Å². The van der Waals surface area contributed by atoms with Crippen LogP contribution in [0.5, 0.6) is 0 Å². The lowest BCUT2D eigenvalue weighted by Gasteiger charge is -2.44. The van der Waals surface area contributed by atoms with E-state index in [1.165, 1.54) is 63.7 Å². The van der Waals surface area contributed by atoms with E-state index in [1.54, 1.807) is 0 Å². The van der Waals surface area contributed by atoms with Crippen LogP contribution in [0, 0.1) is 6.92 Å². The van der Waals surface area contributed by atoms with Crippen LogP contribution in [0.1, 0.15) is 71.6 Å². The minimum atomic E-state index is 0.291. The maximum atomic E-state index is 4.14. The van der Waals surface area contributed by atoms with Gasteiger partial charge in [0.2, 0.25) is 0 Å². The van der Waals surface area contributed by atoms with Crippen molar-refractivity contribution in [3.8, 4) is 0 Å². The Bertz CT molecular complexity index is 159. The monoisotopic (exact) mass is 241 g/mol. The summed E-state index contributed by atoms with van der Waals surface area (Å²) < 4.78 is 0. The number of hydrogen-bond acceptors (Lipinski definition) is 0. The molecule has 0 bridgehead atoms. The van der Waals surface area contributed by atoms with Gasteiger partial charge in [0, 0.05) is 0 Å². The van der Waals surface area contributed by atoms with Crippen LogP contribution in [-0.2, 0) is 0 Å². The molecular formula is C15H30P. The molecule has 0 heterocycles. The van der Waals surface area contributed by atoms with Gasteiger partial charge < -0.3 is 0 Å². The standard InChI is InChI=1S/C15H30P/c1-4-10-15(11-8-7-9-12-15)16(13-5-2)14-6-3/h1,4-14H2,2-3H3. The van der Waals surface area contributed by atoms with Crippen molar-refractivity contribution < 1.29 is 0 Å². The second-order valence-corrected chi connectivity index (χ2v) is 8.30. The zero-order valence-electron chi connectivity index (χ0n) is 11.4. The first-order chi connectivity index (χ1) is 7.79. The Morgan fingerprint density at radius 3 is 2.00 bits per heavy atom. The van der Waals surface area contributed by atoms with Crippen molar-refractivity contribution in [2.45, 2.75) is 76.8 Å². The van der Waals surface area contributed by atoms with Crippen LogP contribution < -0.4 is 0 Å². The van der Waals surface area contributed by atoms with Crippen LogP contribution in [0.15, 0.2) is 0 Å². The lowest BCUT2D eigenvalue weighted by atomic mass is 9.85. The first kappa shape index (κ1) is 14.5. The Balaban J connectivity index is 2.69. The average Bonchev–Trinajstić information content (AvgIpc) is 2.30. The Morgan fingerprint density at radius 2 is 1.56 bits per heavy atom. The smallest absolute Gasteiger partial charge is 0.00944 e. The van der Waals surface area contributed by atoms with Crippen LogP contribution in [0.4, 0.5) is 0 Å². The van der Waals surface area contributed by atoms with E-state index in [0.29, 0.717) is 7.92 Å². The third kappa shape index (κ3) is 3.73. The molecule has 1 rings (SSSR count). The van der Waals surface area contributed by atoms with Gasteiger partial charge in [-0.1, -0.05) is 59.3 Å². The highest BCUT2D eigenvalue weighted by atomic mass is 31.1. The summed E-state index contributed by atoms with van der Waals surface area (Å²) >= 11 is 0. The van der Waals surface area contributed by atoms with Gasteiger partial charge in [0.15, 0.2) is 0 Å². The van der Waals surface area contributed by atoms with Crippen molar-refractivity contribution in [2.75, 3.05) is 12.3 Å². The highest BCUT2D eigenvalue weighted by Crippen LogP contribution is 2.59. The van der Waals surface area contributed by atoms with Gasteiger partial charge in [0.05, 0.1) is 0 Å². The molecule has 0 aliphatic heterocycles. The second kappa shape index (κ2) is 7.70. The van der Waals surface area contributed by atoms with E-state index in [9.17, 15) is 0 Å². The maximum Gasteiger partial charge on any atom is -0.00944 e. The Hall–Kier alpha value is 0.430. The topological polar surface area (TPSA) is 0 Å². The van der Waals surface area contributed by atoms with Crippen LogP contribution in [0.2, 0.25) is 0 Å². The fourth-order valence-corrected chi connectivity index (χ4v) is 7.06. The SMILES string of the molecule is [CH2]CCC1(P(CCC)CCC)CCCCC1. The third-order valence-electron chi connectivity index (χ3n) is 4.08. The summed E-state index contributed by atoms with van der Waals surface area (Å²) in [4.78, 5) is 0. The van der Waals surface area contributed by atoms with Crippen molar-refractivity contribution in [3.63, 3.8) is 0 Å². The summed E-state index contributed by atoms with van der Waals surface area (Å²) in [6.45, 7) is 8.87. The molecule has 0 atom stereocenters. The molecule has 0 amide bonds. The van der Waals surface area contributed by atoms with Crippen molar-refractivity contribution in [1.82, 2.24) is 0 Å². The molecule has 1 fully saturated rings. The molecule has 1 saturated carbocycles. The molecule has 0 aromatic rings. The molecule has 1 radical (unpaired) electrons. The lowest BCUT2D eigenvalue weighted by Crippen LogP contribution is -2.31. The Morgan fingerprint density at radius 1 is 1.00 bits per heavy atom. The van der Waals surface area contributed by atoms with E-state index in [-0.39, 0.29) is 0 Å². The average molecular weight is 241 g/mol. The van der Waals surface area contributed by atoms with E-state index in [1.807, 2.05) is 0 Å². The normalized spacial score (nSPS) is 20.2. The van der Waals surface area contributed by atoms with Gasteiger partial charge in [-0.05, 0) is 36.7 Å². The van der Waals surface area contributed by atoms with Crippen LogP contribution >= 0.6 is 7.92 Å². The van der Waals surface area contributed by atoms with Crippen LogP contribution in [0.3, 0.4) is 0 Å². The van der Waals surface area contributed by atoms with E-state index >= 15 is 0 Å². The molecule has 0 aromatic carbocycles. The first-order valence-electron chi connectivity index (χ1n) is 7.33. The molecule has 0 aromatic heterocycles. The van der Waals surface area contributed by atoms with E-state index in [2.05, 4.69) is 20.8 Å². The quantitative estimate of drug-likeness (QED) is 0.508. The van der Waals surface area contributed by atoms with Gasteiger partial charge in [0.25, 0.3) is 0 Å². The largest absolute Gasteiger partial charge is 0.100 e. The minimum absolute atomic E-state index is 0.291. The van der Waals surface area contributed by atoms with Gasteiger partial charge in [-0.15, -0.1) is 7.92 Å². The molecule has 0 spiro atoms.